The third-order valence-corrected chi connectivity index (χ3v) is 9.68. The van der Waals surface area contributed by atoms with E-state index in [1.807, 2.05) is 0 Å². The molecular weight excluding hydrogens is 462 g/mol. The summed E-state index contributed by atoms with van der Waals surface area (Å²) in [5.74, 6) is -2.39. The summed E-state index contributed by atoms with van der Waals surface area (Å²) in [6, 6.07) is 3.37. The Balaban J connectivity index is 1.44. The molecule has 10 atom stereocenters. The molecular formula is C26H28F2O7. The number of ether oxygens (including phenoxy) is 2. The van der Waals surface area contributed by atoms with Crippen molar-refractivity contribution in [2.24, 2.45) is 22.7 Å². The molecule has 0 radical (unpaired) electrons. The van der Waals surface area contributed by atoms with Crippen LogP contribution in [0.2, 0.25) is 0 Å². The smallest absolute Gasteiger partial charge is 0.339 e. The molecule has 7 nitrogen and oxygen atoms in total. The van der Waals surface area contributed by atoms with Gasteiger partial charge in [-0.15, -0.1) is 0 Å². The van der Waals surface area contributed by atoms with Gasteiger partial charge in [-0.1, -0.05) is 13.0 Å². The number of aryl methyl sites for hydroxylation is 1. The van der Waals surface area contributed by atoms with Crippen LogP contribution in [0.5, 0.6) is 0 Å². The number of fused-ring (bicyclic) bond motifs is 7. The molecule has 188 valence electrons. The summed E-state index contributed by atoms with van der Waals surface area (Å²) in [6.45, 7) is 4.93. The molecule has 0 amide bonds. The molecule has 9 heteroatoms. The molecule has 0 bridgehead atoms. The van der Waals surface area contributed by atoms with Crippen molar-refractivity contribution < 1.29 is 42.5 Å². The van der Waals surface area contributed by atoms with Crippen molar-refractivity contribution in [3.63, 3.8) is 0 Å². The van der Waals surface area contributed by atoms with Crippen molar-refractivity contribution in [2.75, 3.05) is 0 Å². The molecule has 2 N–H and O–H groups in total. The lowest BCUT2D eigenvalue weighted by molar-refractivity contribution is -0.241. The maximum Gasteiger partial charge on any atom is 0.339 e. The molecule has 5 aliphatic rings. The van der Waals surface area contributed by atoms with Gasteiger partial charge in [0.2, 0.25) is 6.29 Å². The van der Waals surface area contributed by atoms with E-state index < -0.39 is 70.4 Å². The normalized spacial score (nSPS) is 50.2. The van der Waals surface area contributed by atoms with Crippen LogP contribution in [0.4, 0.5) is 8.78 Å². The maximum absolute atomic E-state index is 17.2. The minimum absolute atomic E-state index is 0.0262. The highest BCUT2D eigenvalue weighted by atomic mass is 19.1. The number of hydrogen-bond donors (Lipinski definition) is 2. The number of ketones is 1. The van der Waals surface area contributed by atoms with Crippen LogP contribution in [0.15, 0.2) is 40.4 Å². The van der Waals surface area contributed by atoms with Crippen molar-refractivity contribution in [1.29, 1.82) is 0 Å². The van der Waals surface area contributed by atoms with Crippen LogP contribution in [0.3, 0.4) is 0 Å². The first-order valence-electron chi connectivity index (χ1n) is 12.0. The number of allylic oxidation sites excluding steroid dienone is 4. The van der Waals surface area contributed by atoms with Crippen molar-refractivity contribution in [1.82, 2.24) is 0 Å². The van der Waals surface area contributed by atoms with Crippen molar-refractivity contribution in [3.05, 3.63) is 47.5 Å². The number of aliphatic hydroxyl groups is 1. The summed E-state index contributed by atoms with van der Waals surface area (Å²) < 4.78 is 50.5. The summed E-state index contributed by atoms with van der Waals surface area (Å²) in [7, 11) is 0. The van der Waals surface area contributed by atoms with Gasteiger partial charge in [0.05, 0.1) is 6.10 Å². The monoisotopic (exact) mass is 490 g/mol. The van der Waals surface area contributed by atoms with E-state index >= 15 is 8.78 Å². The van der Waals surface area contributed by atoms with Crippen LogP contribution in [0.25, 0.3) is 0 Å². The molecule has 2 heterocycles. The molecule has 4 fully saturated rings. The van der Waals surface area contributed by atoms with E-state index in [9.17, 15) is 19.8 Å². The number of alkyl halides is 2. The van der Waals surface area contributed by atoms with E-state index in [0.29, 0.717) is 11.5 Å². The summed E-state index contributed by atoms with van der Waals surface area (Å²) in [5.41, 5.74) is -6.91. The van der Waals surface area contributed by atoms with Gasteiger partial charge >= 0.3 is 5.97 Å². The third-order valence-electron chi connectivity index (χ3n) is 9.68. The quantitative estimate of drug-likeness (QED) is 0.650. The van der Waals surface area contributed by atoms with Gasteiger partial charge in [0.15, 0.2) is 22.8 Å². The first-order chi connectivity index (χ1) is 16.4. The van der Waals surface area contributed by atoms with Gasteiger partial charge in [0.1, 0.15) is 18.0 Å². The Morgan fingerprint density at radius 2 is 1.94 bits per heavy atom. The summed E-state index contributed by atoms with van der Waals surface area (Å²) >= 11 is 0. The zero-order valence-corrected chi connectivity index (χ0v) is 19.7. The summed E-state index contributed by atoms with van der Waals surface area (Å²) in [6.07, 6.45) is -1.86. The Bertz CT molecular complexity index is 1190. The first kappa shape index (κ1) is 23.1. The van der Waals surface area contributed by atoms with E-state index in [2.05, 4.69) is 0 Å². The summed E-state index contributed by atoms with van der Waals surface area (Å²) in [4.78, 5) is 24.8. The molecule has 0 aromatic carbocycles. The van der Waals surface area contributed by atoms with Crippen molar-refractivity contribution in [2.45, 2.75) is 76.0 Å². The van der Waals surface area contributed by atoms with Crippen LogP contribution in [-0.4, -0.2) is 51.6 Å². The molecule has 6 rings (SSSR count). The number of carbonyl (C=O) groups excluding carboxylic acids is 1. The van der Waals surface area contributed by atoms with E-state index in [0.717, 1.165) is 6.08 Å². The molecule has 4 aliphatic carbocycles. The Morgan fingerprint density at radius 3 is 2.60 bits per heavy atom. The second-order valence-electron chi connectivity index (χ2n) is 11.2. The SMILES string of the molecule is Cc1ccc(C2O[C@@H]3C[C@H]4[C@@H]5C[C@H](F)C6=CC(=O)C=C[C@]6(C)[C@@]5(F)[C@@H](O)C[C@]4(C)[C@]3(C(=O)O)O2)o1. The Labute approximate surface area is 200 Å². The number of carbonyl (C=O) groups is 2. The lowest BCUT2D eigenvalue weighted by Crippen LogP contribution is -2.70. The minimum Gasteiger partial charge on any atom is -0.479 e. The predicted molar refractivity (Wildman–Crippen MR) is 117 cm³/mol. The van der Waals surface area contributed by atoms with Gasteiger partial charge in [0, 0.05) is 16.7 Å². The van der Waals surface area contributed by atoms with E-state index in [1.165, 1.54) is 19.1 Å². The van der Waals surface area contributed by atoms with Crippen LogP contribution in [0.1, 0.15) is 50.9 Å². The average molecular weight is 490 g/mol. The number of hydrogen-bond acceptors (Lipinski definition) is 6. The second kappa shape index (κ2) is 6.89. The van der Waals surface area contributed by atoms with Crippen LogP contribution < -0.4 is 0 Å². The Morgan fingerprint density at radius 1 is 1.20 bits per heavy atom. The zero-order valence-electron chi connectivity index (χ0n) is 19.7. The van der Waals surface area contributed by atoms with Gasteiger partial charge in [0.25, 0.3) is 0 Å². The summed E-state index contributed by atoms with van der Waals surface area (Å²) in [5, 5.41) is 21.9. The second-order valence-corrected chi connectivity index (χ2v) is 11.2. The number of furan rings is 1. The van der Waals surface area contributed by atoms with Crippen LogP contribution >= 0.6 is 0 Å². The number of carboxylic acids is 1. The van der Waals surface area contributed by atoms with Crippen LogP contribution in [0, 0.1) is 29.6 Å². The molecule has 1 saturated heterocycles. The Kier molecular flexibility index (Phi) is 4.54. The lowest BCUT2D eigenvalue weighted by Gasteiger charge is -2.62. The topological polar surface area (TPSA) is 106 Å². The standard InChI is InChI=1S/C26H28F2O7/c1-12-4-5-18(33-12)21-34-20-10-14-15-9-17(27)16-8-13(29)6-7-23(16,2)25(15,28)19(30)11-24(14,3)26(20,35-21)22(31)32/h4-8,14-15,17,19-21,30H,9-11H2,1-3H3,(H,31,32)/t14-,15-,17-,19-,20+,21?,23-,24-,25-,26-/m0/s1. The fourth-order valence-corrected chi connectivity index (χ4v) is 8.02. The fourth-order valence-electron chi connectivity index (χ4n) is 8.02. The van der Waals surface area contributed by atoms with Gasteiger partial charge in [-0.25, -0.2) is 13.6 Å². The lowest BCUT2D eigenvalue weighted by atomic mass is 9.44. The maximum atomic E-state index is 17.2. The van der Waals surface area contributed by atoms with Crippen LogP contribution in [-0.2, 0) is 19.1 Å². The van der Waals surface area contributed by atoms with Crippen molar-refractivity contribution in [3.8, 4) is 0 Å². The van der Waals surface area contributed by atoms with E-state index in [-0.39, 0.29) is 24.8 Å². The minimum atomic E-state index is -2.29. The molecule has 3 saturated carbocycles. The fraction of sp³-hybridized carbons (Fsp3) is 0.615. The molecule has 1 aromatic rings. The zero-order chi connectivity index (χ0) is 25.1. The molecule has 0 spiro atoms. The first-order valence-corrected chi connectivity index (χ1v) is 12.0. The Hall–Kier alpha value is -2.36. The van der Waals surface area contributed by atoms with Crippen molar-refractivity contribution >= 4 is 11.8 Å². The number of aliphatic hydroxyl groups excluding tert-OH is 1. The predicted octanol–water partition coefficient (Wildman–Crippen LogP) is 3.75. The van der Waals surface area contributed by atoms with Gasteiger partial charge in [-0.3, -0.25) is 4.79 Å². The van der Waals surface area contributed by atoms with Gasteiger partial charge in [-0.05, 0) is 68.9 Å². The highest BCUT2D eigenvalue weighted by molar-refractivity contribution is 6.01. The molecule has 1 aliphatic heterocycles. The highest BCUT2D eigenvalue weighted by Crippen LogP contribution is 2.72. The highest BCUT2D eigenvalue weighted by Gasteiger charge is 2.80. The number of halogens is 2. The van der Waals surface area contributed by atoms with Gasteiger partial charge < -0.3 is 24.1 Å². The number of aliphatic carboxylic acids is 1. The largest absolute Gasteiger partial charge is 0.479 e. The van der Waals surface area contributed by atoms with E-state index in [1.54, 1.807) is 26.0 Å². The van der Waals surface area contributed by atoms with E-state index in [4.69, 9.17) is 13.9 Å². The third kappa shape index (κ3) is 2.54. The molecule has 1 aromatic heterocycles. The van der Waals surface area contributed by atoms with Gasteiger partial charge in [-0.2, -0.15) is 0 Å². The molecule has 1 unspecified atom stereocenters. The average Bonchev–Trinajstić information content (AvgIpc) is 3.45. The number of carboxylic acid groups (broad SMARTS) is 1. The molecule has 35 heavy (non-hydrogen) atoms. The number of rotatable bonds is 2.